The van der Waals surface area contributed by atoms with Gasteiger partial charge >= 0.3 is 6.09 Å². The second-order valence-electron chi connectivity index (χ2n) is 10.2. The Morgan fingerprint density at radius 2 is 1.94 bits per heavy atom. The van der Waals surface area contributed by atoms with Gasteiger partial charge in [-0.05, 0) is 88.4 Å². The summed E-state index contributed by atoms with van der Waals surface area (Å²) in [7, 11) is 0. The van der Waals surface area contributed by atoms with E-state index < -0.39 is 21.7 Å². The van der Waals surface area contributed by atoms with Crippen LogP contribution in [0.25, 0.3) is 0 Å². The van der Waals surface area contributed by atoms with E-state index >= 15 is 0 Å². The van der Waals surface area contributed by atoms with Crippen LogP contribution in [0, 0.1) is 5.92 Å². The molecule has 1 heterocycles. The first-order valence-corrected chi connectivity index (χ1v) is 13.4. The zero-order valence-corrected chi connectivity index (χ0v) is 23.5. The molecule has 1 aromatic rings. The number of nitrogens with zero attached hydrogens (tertiary/aromatic N) is 1. The maximum atomic E-state index is 13.1. The van der Waals surface area contributed by atoms with E-state index in [-0.39, 0.29) is 18.1 Å². The van der Waals surface area contributed by atoms with Crippen molar-refractivity contribution in [2.45, 2.75) is 70.8 Å². The summed E-state index contributed by atoms with van der Waals surface area (Å²) in [6.07, 6.45) is 2.84. The molecule has 1 amide bonds. The standard InChI is InChI=1S/C24H36BrClN2O4S/c1-8-13-31-20-15-18(25)19(26)14-17(20)21(27-33(30)24(5,6)7)16-9-11-28(12-10-16)22(29)32-23(2,3)4/h8,14-16,21,27H,1,9-13H2,2-7H3/t21?,33-/m0/s1. The molecular formula is C24H36BrClN2O4S. The minimum Gasteiger partial charge on any atom is -0.598 e. The minimum atomic E-state index is -1.31. The fourth-order valence-electron chi connectivity index (χ4n) is 3.51. The summed E-state index contributed by atoms with van der Waals surface area (Å²) in [5.41, 5.74) is 0.311. The first-order valence-electron chi connectivity index (χ1n) is 11.1. The van der Waals surface area contributed by atoms with E-state index in [2.05, 4.69) is 27.2 Å². The Morgan fingerprint density at radius 1 is 1.33 bits per heavy atom. The third kappa shape index (κ3) is 8.35. The van der Waals surface area contributed by atoms with Gasteiger partial charge in [0.1, 0.15) is 22.7 Å². The van der Waals surface area contributed by atoms with E-state index in [9.17, 15) is 9.35 Å². The molecule has 2 rings (SSSR count). The summed E-state index contributed by atoms with van der Waals surface area (Å²) in [6.45, 7) is 16.6. The largest absolute Gasteiger partial charge is 0.598 e. The lowest BCUT2D eigenvalue weighted by Crippen LogP contribution is -2.47. The van der Waals surface area contributed by atoms with Gasteiger partial charge in [-0.15, -0.1) is 4.72 Å². The highest BCUT2D eigenvalue weighted by Crippen LogP contribution is 2.41. The number of carbonyl (C=O) groups excluding carboxylic acids is 1. The van der Waals surface area contributed by atoms with Gasteiger partial charge in [0.2, 0.25) is 0 Å². The number of hydrogen-bond donors (Lipinski definition) is 1. The smallest absolute Gasteiger partial charge is 0.410 e. The Morgan fingerprint density at radius 3 is 2.45 bits per heavy atom. The number of carbonyl (C=O) groups is 1. The Kier molecular flexibility index (Phi) is 10.0. The zero-order chi connectivity index (χ0) is 25.0. The molecule has 1 aliphatic rings. The summed E-state index contributed by atoms with van der Waals surface area (Å²) < 4.78 is 28.2. The third-order valence-corrected chi connectivity index (χ3v) is 7.97. The van der Waals surface area contributed by atoms with Gasteiger partial charge < -0.3 is 18.9 Å². The molecule has 2 atom stereocenters. The number of amides is 1. The highest BCUT2D eigenvalue weighted by Gasteiger charge is 2.38. The van der Waals surface area contributed by atoms with Crippen LogP contribution in [-0.2, 0) is 16.1 Å². The van der Waals surface area contributed by atoms with Gasteiger partial charge in [-0.3, -0.25) is 0 Å². The molecule has 1 aliphatic heterocycles. The van der Waals surface area contributed by atoms with Crippen molar-refractivity contribution in [2.75, 3.05) is 19.7 Å². The summed E-state index contributed by atoms with van der Waals surface area (Å²) in [5.74, 6) is 0.780. The summed E-state index contributed by atoms with van der Waals surface area (Å²) in [4.78, 5) is 14.3. The van der Waals surface area contributed by atoms with Crippen LogP contribution in [0.4, 0.5) is 4.79 Å². The van der Waals surface area contributed by atoms with Crippen LogP contribution in [0.15, 0.2) is 29.3 Å². The van der Waals surface area contributed by atoms with E-state index in [0.29, 0.717) is 30.5 Å². The molecule has 1 saturated heterocycles. The van der Waals surface area contributed by atoms with Crippen molar-refractivity contribution < 1.29 is 18.8 Å². The maximum Gasteiger partial charge on any atom is 0.410 e. The van der Waals surface area contributed by atoms with E-state index in [1.807, 2.05) is 53.7 Å². The summed E-state index contributed by atoms with van der Waals surface area (Å²) in [5, 5.41) is 0.551. The molecule has 1 fully saturated rings. The van der Waals surface area contributed by atoms with E-state index in [0.717, 1.165) is 22.9 Å². The Labute approximate surface area is 214 Å². The van der Waals surface area contributed by atoms with Crippen molar-refractivity contribution in [3.63, 3.8) is 0 Å². The lowest BCUT2D eigenvalue weighted by Gasteiger charge is -2.38. The molecule has 0 bridgehead atoms. The van der Waals surface area contributed by atoms with Gasteiger partial charge in [-0.25, -0.2) is 4.79 Å². The first kappa shape index (κ1) is 28.3. The lowest BCUT2D eigenvalue weighted by atomic mass is 9.85. The number of nitrogens with one attached hydrogen (secondary N) is 1. The SMILES string of the molecule is C=CCOc1cc(Br)c(Cl)cc1C(N[S@@+]([O-])C(C)(C)C)C1CCN(C(=O)OC(C)(C)C)CC1. The van der Waals surface area contributed by atoms with Gasteiger partial charge in [0, 0.05) is 34.5 Å². The van der Waals surface area contributed by atoms with E-state index in [1.54, 1.807) is 11.0 Å². The molecule has 1 N–H and O–H groups in total. The molecule has 0 aliphatic carbocycles. The number of likely N-dealkylation sites (tertiary alicyclic amines) is 1. The number of ether oxygens (including phenoxy) is 2. The molecule has 33 heavy (non-hydrogen) atoms. The fraction of sp³-hybridized carbons (Fsp3) is 0.625. The predicted molar refractivity (Wildman–Crippen MR) is 139 cm³/mol. The van der Waals surface area contributed by atoms with Crippen molar-refractivity contribution in [1.82, 2.24) is 9.62 Å². The van der Waals surface area contributed by atoms with Gasteiger partial charge in [-0.2, -0.15) is 0 Å². The second-order valence-corrected chi connectivity index (χ2v) is 13.4. The lowest BCUT2D eigenvalue weighted by molar-refractivity contribution is 0.0171. The minimum absolute atomic E-state index is 0.123. The average Bonchev–Trinajstić information content (AvgIpc) is 2.70. The number of rotatable bonds is 7. The highest BCUT2D eigenvalue weighted by atomic mass is 79.9. The Bertz CT molecular complexity index is 833. The topological polar surface area (TPSA) is 73.9 Å². The van der Waals surface area contributed by atoms with Crippen molar-refractivity contribution in [2.24, 2.45) is 5.92 Å². The Hall–Kier alpha value is -0.930. The molecule has 1 aromatic carbocycles. The van der Waals surface area contributed by atoms with Crippen LogP contribution in [-0.4, -0.2) is 45.6 Å². The molecule has 186 valence electrons. The summed E-state index contributed by atoms with van der Waals surface area (Å²) >= 11 is 8.62. The van der Waals surface area contributed by atoms with Crippen LogP contribution in [0.5, 0.6) is 5.75 Å². The highest BCUT2D eigenvalue weighted by molar-refractivity contribution is 9.10. The Balaban J connectivity index is 2.32. The number of halogens is 2. The summed E-state index contributed by atoms with van der Waals surface area (Å²) in [6, 6.07) is 3.43. The van der Waals surface area contributed by atoms with Crippen molar-refractivity contribution in [3.8, 4) is 5.75 Å². The second kappa shape index (κ2) is 11.7. The molecule has 6 nitrogen and oxygen atoms in total. The van der Waals surface area contributed by atoms with Crippen LogP contribution in [0.3, 0.4) is 0 Å². The van der Waals surface area contributed by atoms with Gasteiger partial charge in [0.05, 0.1) is 11.1 Å². The van der Waals surface area contributed by atoms with Crippen LogP contribution >= 0.6 is 27.5 Å². The molecule has 9 heteroatoms. The average molecular weight is 564 g/mol. The molecule has 0 radical (unpaired) electrons. The predicted octanol–water partition coefficient (Wildman–Crippen LogP) is 6.41. The van der Waals surface area contributed by atoms with Crippen LogP contribution in [0.2, 0.25) is 5.02 Å². The quantitative estimate of drug-likeness (QED) is 0.307. The van der Waals surface area contributed by atoms with Gasteiger partial charge in [-0.1, -0.05) is 24.3 Å². The van der Waals surface area contributed by atoms with E-state index in [1.165, 1.54) is 0 Å². The van der Waals surface area contributed by atoms with E-state index in [4.69, 9.17) is 21.1 Å². The molecule has 1 unspecified atom stereocenters. The normalized spacial score (nSPS) is 17.4. The van der Waals surface area contributed by atoms with Crippen molar-refractivity contribution >= 4 is 45.0 Å². The van der Waals surface area contributed by atoms with Gasteiger partial charge in [0.15, 0.2) is 0 Å². The maximum absolute atomic E-state index is 13.1. The number of benzene rings is 1. The van der Waals surface area contributed by atoms with Crippen LogP contribution < -0.4 is 9.46 Å². The monoisotopic (exact) mass is 562 g/mol. The van der Waals surface area contributed by atoms with Crippen molar-refractivity contribution in [3.05, 3.63) is 39.8 Å². The van der Waals surface area contributed by atoms with Crippen LogP contribution in [0.1, 0.15) is 66.0 Å². The number of hydrogen-bond acceptors (Lipinski definition) is 5. The fourth-order valence-corrected chi connectivity index (χ4v) is 4.91. The molecule has 0 aromatic heterocycles. The third-order valence-electron chi connectivity index (χ3n) is 5.20. The first-order chi connectivity index (χ1) is 15.2. The number of piperidine rings is 1. The van der Waals surface area contributed by atoms with Crippen molar-refractivity contribution in [1.29, 1.82) is 0 Å². The molecule has 0 spiro atoms. The molecular weight excluding hydrogens is 528 g/mol. The van der Waals surface area contributed by atoms with Gasteiger partial charge in [0.25, 0.3) is 0 Å². The zero-order valence-electron chi connectivity index (χ0n) is 20.4. The molecule has 0 saturated carbocycles.